The van der Waals surface area contributed by atoms with Gasteiger partial charge < -0.3 is 64.8 Å². The highest BCUT2D eigenvalue weighted by Crippen LogP contribution is 2.42. The van der Waals surface area contributed by atoms with E-state index in [9.17, 15) is 8.78 Å². The highest BCUT2D eigenvalue weighted by molar-refractivity contribution is 7.09. The van der Waals surface area contributed by atoms with Crippen LogP contribution in [0.2, 0.25) is 26.4 Å². The number of anilines is 5. The molecular formula is C61H56Cl5F2N27O2S. The van der Waals surface area contributed by atoms with Crippen LogP contribution in [0.4, 0.5) is 37.9 Å². The molecule has 0 saturated heterocycles. The van der Waals surface area contributed by atoms with Crippen LogP contribution in [-0.4, -0.2) is 129 Å². The summed E-state index contributed by atoms with van der Waals surface area (Å²) in [5.41, 5.74) is 6.02. The molecule has 0 spiro atoms. The molecule has 1 fully saturated rings. The summed E-state index contributed by atoms with van der Waals surface area (Å²) in [5.74, 6) is 1.76. The zero-order chi connectivity index (χ0) is 68.1. The molecule has 502 valence electrons. The minimum atomic E-state index is -2.57. The first-order valence-corrected chi connectivity index (χ1v) is 32.5. The molecule has 15 aromatic rings. The number of hydrogen-bond donors (Lipinski definition) is 9. The maximum atomic E-state index is 12.8. The van der Waals surface area contributed by atoms with E-state index in [1.165, 1.54) is 18.2 Å². The van der Waals surface area contributed by atoms with Gasteiger partial charge in [0, 0.05) is 106 Å². The number of imidazole rings is 1. The average molecular weight is 1450 g/mol. The molecule has 0 aromatic carbocycles. The minimum absolute atomic E-state index is 0.0130. The quantitative estimate of drug-likeness (QED) is 0.0360. The zero-order valence-corrected chi connectivity index (χ0v) is 56.3. The van der Waals surface area contributed by atoms with Gasteiger partial charge in [-0.15, -0.1) is 11.3 Å². The molecular weight excluding hydrogens is 1390 g/mol. The summed E-state index contributed by atoms with van der Waals surface area (Å²) in [7, 11) is 3.97. The van der Waals surface area contributed by atoms with Gasteiger partial charge in [0.25, 0.3) is 6.01 Å². The molecule has 1 aliphatic carbocycles. The van der Waals surface area contributed by atoms with Crippen LogP contribution >= 0.6 is 69.3 Å². The lowest BCUT2D eigenvalue weighted by Gasteiger charge is -2.34. The van der Waals surface area contributed by atoms with Crippen molar-refractivity contribution in [3.05, 3.63) is 189 Å². The lowest BCUT2D eigenvalue weighted by molar-refractivity contribution is -0.119. The van der Waals surface area contributed by atoms with Crippen molar-refractivity contribution < 1.29 is 17.9 Å². The number of nitrogens with zero attached hydrogens (tertiary/aromatic N) is 18. The highest BCUT2D eigenvalue weighted by Gasteiger charge is 2.45. The van der Waals surface area contributed by atoms with E-state index in [0.717, 1.165) is 66.5 Å². The first kappa shape index (κ1) is 67.5. The van der Waals surface area contributed by atoms with Crippen LogP contribution in [0, 0.1) is 5.92 Å². The molecule has 1 atom stereocenters. The van der Waals surface area contributed by atoms with Crippen molar-refractivity contribution in [3.8, 4) is 6.01 Å². The summed E-state index contributed by atoms with van der Waals surface area (Å²) in [4.78, 5) is 83.2. The summed E-state index contributed by atoms with van der Waals surface area (Å²) in [5, 5.41) is 20.4. The largest absolute Gasteiger partial charge is 0.464 e. The fraction of sp³-hybridized carbons (Fsp3) is 0.213. The standard InChI is InChI=1S/C14H13ClF2N6O2.C13H12ClN5.C12H12ClN5.C11H9ClN6.C11H10ClN5S/c15-12-21-10(19-5-8-18-1-2-24-8)9-11(22-12)23-13(20-9)25-6-7-3-14(16,17)4-7;1-8(9-2-5-15-6-3-9)17-12-10-4-7-16-11(10)18-13(14)19-12;1-18-6-2-3-8(18)7-15-11-9-4-5-14-10(9)16-12(13)17-11;12-11-17-9-7(2-5-15-9)10(18-11)16-6-8-13-3-1-4-14-8;1-17(6-8-13-4-5-18-8)10-7-2-3-14-9(7)15-11(12)16-10/h1-2,7H,3-6H2,(H2,19,20,21,22,23);2-8H,1H3,(H2,16,17,18,19);2-6H,7H2,1H3,(H2,14,15,16,17);1-5H,6H2,(H2,15,16,17,18);2-5H,6H2,1H3,(H,14,15,16). The number of aromatic amines is 5. The fourth-order valence-corrected chi connectivity index (χ4v) is 11.4. The molecule has 15 aromatic heterocycles. The number of thiazole rings is 1. The number of halogens is 7. The predicted octanol–water partition coefficient (Wildman–Crippen LogP) is 13.5. The van der Waals surface area contributed by atoms with E-state index < -0.39 is 5.92 Å². The molecule has 0 bridgehead atoms. The topological polar surface area (TPSA) is 364 Å². The first-order chi connectivity index (χ1) is 47.5. The van der Waals surface area contributed by atoms with Gasteiger partial charge in [0.05, 0.1) is 66.6 Å². The zero-order valence-electron chi connectivity index (χ0n) is 51.7. The maximum absolute atomic E-state index is 12.8. The van der Waals surface area contributed by atoms with Crippen molar-refractivity contribution in [1.82, 2.24) is 109 Å². The highest BCUT2D eigenvalue weighted by atomic mass is 35.5. The summed E-state index contributed by atoms with van der Waals surface area (Å²) in [6, 6.07) is 17.7. The number of hydrogen-bond acceptors (Lipinski definition) is 24. The summed E-state index contributed by atoms with van der Waals surface area (Å²) < 4.78 is 38.4. The normalized spacial score (nSPS) is 12.7. The third-order valence-corrected chi connectivity index (χ3v) is 16.3. The van der Waals surface area contributed by atoms with Crippen LogP contribution in [0.1, 0.15) is 53.8 Å². The third-order valence-electron chi connectivity index (χ3n) is 14.7. The molecule has 29 nitrogen and oxygen atoms in total. The molecule has 9 N–H and O–H groups in total. The first-order valence-electron chi connectivity index (χ1n) is 29.7. The van der Waals surface area contributed by atoms with Gasteiger partial charge in [-0.3, -0.25) is 4.98 Å². The van der Waals surface area contributed by atoms with Crippen molar-refractivity contribution in [3.63, 3.8) is 0 Å². The Morgan fingerprint density at radius 2 is 1.20 bits per heavy atom. The monoisotopic (exact) mass is 1440 g/mol. The smallest absolute Gasteiger partial charge is 0.296 e. The second kappa shape index (κ2) is 31.1. The van der Waals surface area contributed by atoms with Gasteiger partial charge in [0.15, 0.2) is 11.5 Å². The SMILES string of the molecule is CC(Nc1nc(Cl)nc2[nH]ccc12)c1ccncc1.CN(Cc1nccs1)c1nc(Cl)nc2[nH]ccc12.Clc1nc(NCc2ncccn2)c2cc[nH]c2n1.Cn1cccc1CNc1nc(Cl)nc2[nH]ccc12.FC1(F)CC(COc2nc3nc(Cl)nc(NCc4ncco4)c3[nH]2)C1. The maximum Gasteiger partial charge on any atom is 0.296 e. The average Bonchev–Trinajstić information content (AvgIpc) is 1.64. The molecule has 0 radical (unpaired) electrons. The second-order valence-corrected chi connectivity index (χ2v) is 24.2. The number of aromatic nitrogens is 22. The molecule has 16 rings (SSSR count). The molecule has 1 unspecified atom stereocenters. The number of pyridine rings is 1. The number of nitrogens with one attached hydrogen (secondary N) is 9. The van der Waals surface area contributed by atoms with Crippen molar-refractivity contribution >= 4 is 154 Å². The number of oxazole rings is 1. The molecule has 1 saturated carbocycles. The van der Waals surface area contributed by atoms with Crippen LogP contribution in [0.3, 0.4) is 0 Å². The lowest BCUT2D eigenvalue weighted by atomic mass is 9.82. The van der Waals surface area contributed by atoms with Gasteiger partial charge in [-0.1, -0.05) is 0 Å². The lowest BCUT2D eigenvalue weighted by Crippen LogP contribution is -2.38. The van der Waals surface area contributed by atoms with Gasteiger partial charge in [0.2, 0.25) is 38.2 Å². The Bertz CT molecular complexity index is 5050. The van der Waals surface area contributed by atoms with Crippen LogP contribution in [0.5, 0.6) is 6.01 Å². The van der Waals surface area contributed by atoms with E-state index in [1.807, 2.05) is 91.6 Å². The van der Waals surface area contributed by atoms with Gasteiger partial charge in [-0.25, -0.2) is 43.7 Å². The Hall–Kier alpha value is -10.5. The Morgan fingerprint density at radius 3 is 1.80 bits per heavy atom. The van der Waals surface area contributed by atoms with Gasteiger partial charge in [-0.05, 0) is 125 Å². The van der Waals surface area contributed by atoms with Crippen molar-refractivity contribution in [1.29, 1.82) is 0 Å². The molecule has 98 heavy (non-hydrogen) atoms. The summed E-state index contributed by atoms with van der Waals surface area (Å²) in [6.07, 6.45) is 20.7. The van der Waals surface area contributed by atoms with E-state index in [1.54, 1.807) is 54.6 Å². The van der Waals surface area contributed by atoms with E-state index in [0.29, 0.717) is 66.3 Å². The number of aryl methyl sites for hydroxylation is 1. The van der Waals surface area contributed by atoms with Gasteiger partial charge in [0.1, 0.15) is 68.5 Å². The van der Waals surface area contributed by atoms with E-state index in [2.05, 4.69) is 143 Å². The molecule has 37 heteroatoms. The van der Waals surface area contributed by atoms with Gasteiger partial charge in [-0.2, -0.15) is 39.9 Å². The molecule has 15 heterocycles. The van der Waals surface area contributed by atoms with E-state index in [4.69, 9.17) is 67.2 Å². The number of rotatable bonds is 18. The fourth-order valence-electron chi connectivity index (χ4n) is 9.94. The number of H-pyrrole nitrogens is 5. The molecule has 0 amide bonds. The van der Waals surface area contributed by atoms with Gasteiger partial charge >= 0.3 is 0 Å². The Morgan fingerprint density at radius 1 is 0.633 bits per heavy atom. The van der Waals surface area contributed by atoms with E-state index in [-0.39, 0.29) is 63.8 Å². The number of alkyl halides is 2. The second-order valence-electron chi connectivity index (χ2n) is 21.5. The van der Waals surface area contributed by atoms with Crippen LogP contribution in [0.15, 0.2) is 139 Å². The molecule has 0 aliphatic heterocycles. The van der Waals surface area contributed by atoms with Crippen LogP contribution < -0.4 is 30.9 Å². The van der Waals surface area contributed by atoms with Crippen molar-refractivity contribution in [2.75, 3.05) is 39.8 Å². The number of fused-ring (bicyclic) bond motifs is 5. The number of ether oxygens (including phenoxy) is 1. The summed E-state index contributed by atoms with van der Waals surface area (Å²) in [6.45, 7) is 4.39. The van der Waals surface area contributed by atoms with E-state index >= 15 is 0 Å². The van der Waals surface area contributed by atoms with Crippen molar-refractivity contribution in [2.45, 2.75) is 57.9 Å². The Labute approximate surface area is 582 Å². The molecule has 1 aliphatic rings. The van der Waals surface area contributed by atoms with Crippen molar-refractivity contribution in [2.24, 2.45) is 13.0 Å². The summed E-state index contributed by atoms with van der Waals surface area (Å²) >= 11 is 31.1. The Kier molecular flexibility index (Phi) is 21.4. The Balaban J connectivity index is 0.000000117. The minimum Gasteiger partial charge on any atom is -0.464 e. The predicted molar refractivity (Wildman–Crippen MR) is 372 cm³/mol. The van der Waals surface area contributed by atoms with Crippen LogP contribution in [0.25, 0.3) is 55.3 Å². The van der Waals surface area contributed by atoms with Crippen LogP contribution in [-0.2, 0) is 33.2 Å². The third kappa shape index (κ3) is 17.4.